The molecule has 2 unspecified atom stereocenters. The lowest BCUT2D eigenvalue weighted by Crippen LogP contribution is -2.52. The average molecular weight is 285 g/mol. The van der Waals surface area contributed by atoms with Crippen molar-refractivity contribution in [3.05, 3.63) is 0 Å². The van der Waals surface area contributed by atoms with E-state index in [0.717, 1.165) is 6.42 Å². The van der Waals surface area contributed by atoms with Gasteiger partial charge in [-0.2, -0.15) is 0 Å². The number of nitrogens with one attached hydrogen (secondary N) is 2. The number of hydrogen-bond acceptors (Lipinski definition) is 3. The van der Waals surface area contributed by atoms with Gasteiger partial charge < -0.3 is 20.6 Å². The fraction of sp³-hybridized carbons (Fsp3) is 0.769. The molecule has 3 amide bonds. The van der Waals surface area contributed by atoms with Crippen molar-refractivity contribution in [1.82, 2.24) is 15.5 Å². The monoisotopic (exact) mass is 285 g/mol. The maximum absolute atomic E-state index is 12.1. The molecule has 20 heavy (non-hydrogen) atoms. The molecule has 3 N–H and O–H groups in total. The molecule has 1 aliphatic rings. The van der Waals surface area contributed by atoms with Gasteiger partial charge in [-0.1, -0.05) is 6.42 Å². The van der Waals surface area contributed by atoms with E-state index in [9.17, 15) is 19.5 Å². The van der Waals surface area contributed by atoms with Crippen LogP contribution >= 0.6 is 0 Å². The molecule has 1 rings (SSSR count). The fourth-order valence-corrected chi connectivity index (χ4v) is 2.47. The second-order valence-electron chi connectivity index (χ2n) is 5.30. The molecular weight excluding hydrogens is 262 g/mol. The summed E-state index contributed by atoms with van der Waals surface area (Å²) in [6.45, 7) is 3.78. The number of carbonyl (C=O) groups is 3. The topological polar surface area (TPSA) is 98.7 Å². The van der Waals surface area contributed by atoms with Crippen molar-refractivity contribution in [2.24, 2.45) is 5.41 Å². The summed E-state index contributed by atoms with van der Waals surface area (Å²) in [6.07, 6.45) is 1.97. The summed E-state index contributed by atoms with van der Waals surface area (Å²) in [5.74, 6) is -1.15. The summed E-state index contributed by atoms with van der Waals surface area (Å²) in [5.41, 5.74) is -0.928. The molecular formula is C13H23N3O4. The van der Waals surface area contributed by atoms with Crippen LogP contribution in [-0.2, 0) is 9.59 Å². The minimum Gasteiger partial charge on any atom is -0.481 e. The number of rotatable bonds is 5. The van der Waals surface area contributed by atoms with Gasteiger partial charge in [0.2, 0.25) is 5.91 Å². The molecule has 0 heterocycles. The van der Waals surface area contributed by atoms with E-state index in [4.69, 9.17) is 0 Å². The highest BCUT2D eigenvalue weighted by Crippen LogP contribution is 2.38. The van der Waals surface area contributed by atoms with Gasteiger partial charge in [-0.25, -0.2) is 4.79 Å². The Hall–Kier alpha value is -1.79. The molecule has 0 aromatic heterocycles. The Kier molecular flexibility index (Phi) is 5.35. The van der Waals surface area contributed by atoms with Gasteiger partial charge in [0.05, 0.1) is 5.41 Å². The van der Waals surface area contributed by atoms with Gasteiger partial charge in [0.25, 0.3) is 0 Å². The Bertz CT molecular complexity index is 399. The van der Waals surface area contributed by atoms with Gasteiger partial charge >= 0.3 is 12.0 Å². The van der Waals surface area contributed by atoms with Gasteiger partial charge in [-0.15, -0.1) is 0 Å². The number of urea groups is 1. The first-order valence-corrected chi connectivity index (χ1v) is 6.84. The maximum Gasteiger partial charge on any atom is 0.318 e. The van der Waals surface area contributed by atoms with Gasteiger partial charge in [-0.3, -0.25) is 9.59 Å². The predicted molar refractivity (Wildman–Crippen MR) is 73.2 cm³/mol. The molecule has 0 bridgehead atoms. The fourth-order valence-electron chi connectivity index (χ4n) is 2.47. The van der Waals surface area contributed by atoms with Crippen LogP contribution in [0.4, 0.5) is 4.79 Å². The standard InChI is InChI=1S/C13H23N3O4/c1-4-16(8-10(17)14-3)12(20)15-9-6-5-7-13(9,2)11(18)19/h9H,4-8H2,1-3H3,(H,14,17)(H,15,20)(H,18,19). The Balaban J connectivity index is 2.68. The molecule has 7 heteroatoms. The molecule has 1 saturated carbocycles. The number of amides is 3. The number of carbonyl (C=O) groups excluding carboxylic acids is 2. The molecule has 0 aromatic rings. The van der Waals surface area contributed by atoms with Crippen LogP contribution in [0.2, 0.25) is 0 Å². The Morgan fingerprint density at radius 1 is 1.40 bits per heavy atom. The molecule has 0 spiro atoms. The highest BCUT2D eigenvalue weighted by molar-refractivity contribution is 5.84. The van der Waals surface area contributed by atoms with Crippen LogP contribution in [0.5, 0.6) is 0 Å². The molecule has 7 nitrogen and oxygen atoms in total. The lowest BCUT2D eigenvalue weighted by Gasteiger charge is -2.30. The van der Waals surface area contributed by atoms with Crippen LogP contribution < -0.4 is 10.6 Å². The van der Waals surface area contributed by atoms with E-state index in [1.165, 1.54) is 11.9 Å². The SMILES string of the molecule is CCN(CC(=O)NC)C(=O)NC1CCCC1(C)C(=O)O. The molecule has 1 aliphatic carbocycles. The summed E-state index contributed by atoms with van der Waals surface area (Å²) in [5, 5.41) is 14.5. The minimum absolute atomic E-state index is 0.0324. The summed E-state index contributed by atoms with van der Waals surface area (Å²) < 4.78 is 0. The summed E-state index contributed by atoms with van der Waals surface area (Å²) >= 11 is 0. The predicted octanol–water partition coefficient (Wildman–Crippen LogP) is 0.407. The van der Waals surface area contributed by atoms with Crippen molar-refractivity contribution in [3.8, 4) is 0 Å². The average Bonchev–Trinajstić information content (AvgIpc) is 2.78. The number of likely N-dealkylation sites (N-methyl/N-ethyl adjacent to an activating group) is 2. The third kappa shape index (κ3) is 3.40. The summed E-state index contributed by atoms with van der Waals surface area (Å²) in [4.78, 5) is 36.2. The molecule has 1 fully saturated rings. The minimum atomic E-state index is -0.928. The van der Waals surface area contributed by atoms with E-state index in [-0.39, 0.29) is 12.5 Å². The van der Waals surface area contributed by atoms with Crippen LogP contribution in [0.25, 0.3) is 0 Å². The zero-order valence-corrected chi connectivity index (χ0v) is 12.2. The van der Waals surface area contributed by atoms with E-state index in [1.54, 1.807) is 13.8 Å². The van der Waals surface area contributed by atoms with Crippen LogP contribution in [0.1, 0.15) is 33.1 Å². The van der Waals surface area contributed by atoms with Crippen molar-refractivity contribution >= 4 is 17.9 Å². The normalized spacial score (nSPS) is 25.1. The highest BCUT2D eigenvalue weighted by atomic mass is 16.4. The maximum atomic E-state index is 12.1. The number of aliphatic carboxylic acids is 1. The van der Waals surface area contributed by atoms with Crippen molar-refractivity contribution in [2.45, 2.75) is 39.2 Å². The van der Waals surface area contributed by atoms with E-state index in [0.29, 0.717) is 19.4 Å². The molecule has 0 radical (unpaired) electrons. The Labute approximate surface area is 118 Å². The lowest BCUT2D eigenvalue weighted by molar-refractivity contribution is -0.148. The second-order valence-corrected chi connectivity index (χ2v) is 5.30. The van der Waals surface area contributed by atoms with E-state index < -0.39 is 23.5 Å². The van der Waals surface area contributed by atoms with E-state index >= 15 is 0 Å². The number of carboxylic acid groups (broad SMARTS) is 1. The first kappa shape index (κ1) is 16.3. The van der Waals surface area contributed by atoms with Crippen LogP contribution in [0.3, 0.4) is 0 Å². The van der Waals surface area contributed by atoms with Gasteiger partial charge in [0.1, 0.15) is 6.54 Å². The zero-order chi connectivity index (χ0) is 15.3. The smallest absolute Gasteiger partial charge is 0.318 e. The van der Waals surface area contributed by atoms with Gasteiger partial charge in [-0.05, 0) is 26.7 Å². The van der Waals surface area contributed by atoms with Crippen LogP contribution in [0, 0.1) is 5.41 Å². The molecule has 0 aliphatic heterocycles. The second kappa shape index (κ2) is 6.58. The van der Waals surface area contributed by atoms with Crippen LogP contribution in [-0.4, -0.2) is 54.1 Å². The third-order valence-electron chi connectivity index (χ3n) is 4.03. The van der Waals surface area contributed by atoms with Crippen LogP contribution in [0.15, 0.2) is 0 Å². The Morgan fingerprint density at radius 2 is 2.05 bits per heavy atom. The third-order valence-corrected chi connectivity index (χ3v) is 4.03. The number of carboxylic acids is 1. The molecule has 0 saturated heterocycles. The largest absolute Gasteiger partial charge is 0.481 e. The zero-order valence-electron chi connectivity index (χ0n) is 12.2. The van der Waals surface area contributed by atoms with E-state index in [2.05, 4.69) is 10.6 Å². The van der Waals surface area contributed by atoms with E-state index in [1.807, 2.05) is 0 Å². The first-order chi connectivity index (χ1) is 9.35. The number of nitrogens with zero attached hydrogens (tertiary/aromatic N) is 1. The quantitative estimate of drug-likeness (QED) is 0.681. The van der Waals surface area contributed by atoms with Gasteiger partial charge in [0.15, 0.2) is 0 Å². The molecule has 0 aromatic carbocycles. The highest BCUT2D eigenvalue weighted by Gasteiger charge is 2.46. The Morgan fingerprint density at radius 3 is 2.55 bits per heavy atom. The molecule has 114 valence electrons. The molecule has 2 atom stereocenters. The van der Waals surface area contributed by atoms with Crippen molar-refractivity contribution in [1.29, 1.82) is 0 Å². The van der Waals surface area contributed by atoms with Gasteiger partial charge in [0, 0.05) is 19.6 Å². The summed E-state index contributed by atoms with van der Waals surface area (Å²) in [7, 11) is 1.51. The van der Waals surface area contributed by atoms with Crippen molar-refractivity contribution < 1.29 is 19.5 Å². The lowest BCUT2D eigenvalue weighted by atomic mass is 9.85. The van der Waals surface area contributed by atoms with Crippen molar-refractivity contribution in [3.63, 3.8) is 0 Å². The number of hydrogen-bond donors (Lipinski definition) is 3. The van der Waals surface area contributed by atoms with Crippen molar-refractivity contribution in [2.75, 3.05) is 20.1 Å². The first-order valence-electron chi connectivity index (χ1n) is 6.84. The summed E-state index contributed by atoms with van der Waals surface area (Å²) in [6, 6.07) is -0.790.